The molecular weight excluding hydrogens is 442 g/mol. The highest BCUT2D eigenvalue weighted by atomic mass is 16.6. The molecule has 192 valence electrons. The minimum Gasteiger partial charge on any atom is -0.444 e. The van der Waals surface area contributed by atoms with E-state index in [1.165, 1.54) is 16.7 Å². The largest absolute Gasteiger partial charge is 0.444 e. The number of fused-ring (bicyclic) bond motifs is 1. The summed E-state index contributed by atoms with van der Waals surface area (Å²) >= 11 is 0. The average molecular weight is 484 g/mol. The quantitative estimate of drug-likeness (QED) is 0.654. The second-order valence-electron chi connectivity index (χ2n) is 10.6. The van der Waals surface area contributed by atoms with Gasteiger partial charge in [0.1, 0.15) is 12.4 Å². The van der Waals surface area contributed by atoms with Crippen LogP contribution >= 0.6 is 0 Å². The van der Waals surface area contributed by atoms with Crippen molar-refractivity contribution in [3.05, 3.63) is 46.8 Å². The number of ether oxygens (including phenoxy) is 1. The van der Waals surface area contributed by atoms with E-state index in [2.05, 4.69) is 54.2 Å². The van der Waals surface area contributed by atoms with E-state index in [0.717, 1.165) is 50.3 Å². The molecule has 8 nitrogen and oxygen atoms in total. The number of nitrogens with one attached hydrogen (secondary N) is 1. The second kappa shape index (κ2) is 11.2. The number of carbonyl (C=O) groups excluding carboxylic acids is 2. The molecule has 1 amide bonds. The van der Waals surface area contributed by atoms with Gasteiger partial charge in [0, 0.05) is 57.0 Å². The zero-order valence-electron chi connectivity index (χ0n) is 21.9. The molecule has 35 heavy (non-hydrogen) atoms. The van der Waals surface area contributed by atoms with Crippen LogP contribution in [0.3, 0.4) is 0 Å². The Morgan fingerprint density at radius 1 is 1.17 bits per heavy atom. The van der Waals surface area contributed by atoms with Gasteiger partial charge in [0.15, 0.2) is 0 Å². The third-order valence-electron chi connectivity index (χ3n) is 6.43. The zero-order chi connectivity index (χ0) is 25.8. The number of aromatic nitrogens is 2. The molecule has 0 spiro atoms. The number of amides is 1. The Labute approximate surface area is 210 Å². The van der Waals surface area contributed by atoms with Crippen LogP contribution in [0.25, 0.3) is 0 Å². The number of carbonyl (C=O) groups is 2. The first-order valence-corrected chi connectivity index (χ1v) is 12.3. The lowest BCUT2D eigenvalue weighted by Crippen LogP contribution is -2.52. The third-order valence-corrected chi connectivity index (χ3v) is 6.43. The summed E-state index contributed by atoms with van der Waals surface area (Å²) in [6, 6.07) is 7.01. The molecule has 1 fully saturated rings. The van der Waals surface area contributed by atoms with Gasteiger partial charge in [-0.2, -0.15) is 0 Å². The molecule has 1 aromatic carbocycles. The minimum atomic E-state index is -0.462. The maximum atomic E-state index is 12.5. The first-order valence-electron chi connectivity index (χ1n) is 12.3. The van der Waals surface area contributed by atoms with E-state index in [0.29, 0.717) is 12.0 Å². The van der Waals surface area contributed by atoms with E-state index in [-0.39, 0.29) is 13.6 Å². The number of likely N-dealkylation sites (tertiary alicyclic amines) is 1. The van der Waals surface area contributed by atoms with Crippen molar-refractivity contribution in [2.45, 2.75) is 85.0 Å². The van der Waals surface area contributed by atoms with E-state index < -0.39 is 5.60 Å². The smallest absolute Gasteiger partial charge is 0.410 e. The van der Waals surface area contributed by atoms with E-state index >= 15 is 0 Å². The van der Waals surface area contributed by atoms with Crippen molar-refractivity contribution < 1.29 is 15.8 Å². The van der Waals surface area contributed by atoms with Crippen LogP contribution in [0.4, 0.5) is 16.4 Å². The number of anilines is 2. The molecule has 0 aliphatic carbocycles. The fraction of sp³-hybridized carbons (Fsp3) is 0.556. The molecule has 4 rings (SSSR count). The van der Waals surface area contributed by atoms with Gasteiger partial charge in [0.2, 0.25) is 5.95 Å². The summed E-state index contributed by atoms with van der Waals surface area (Å²) in [6.07, 6.45) is 4.61. The second-order valence-corrected chi connectivity index (χ2v) is 10.6. The topological polar surface area (TPSA) is 87.7 Å². The van der Waals surface area contributed by atoms with Crippen LogP contribution in [0, 0.1) is 13.8 Å². The van der Waals surface area contributed by atoms with Gasteiger partial charge in [0.25, 0.3) is 0 Å². The number of aryl methyl sites for hydroxylation is 2. The molecular formula is C27H41N5O3. The number of piperidine rings is 1. The predicted octanol–water partition coefficient (Wildman–Crippen LogP) is 5.04. The summed E-state index contributed by atoms with van der Waals surface area (Å²) in [6.45, 7) is 16.6. The van der Waals surface area contributed by atoms with Crippen molar-refractivity contribution in [1.82, 2.24) is 19.8 Å². The van der Waals surface area contributed by atoms with Crippen molar-refractivity contribution in [3.8, 4) is 0 Å². The van der Waals surface area contributed by atoms with Crippen LogP contribution in [-0.2, 0) is 22.5 Å². The summed E-state index contributed by atoms with van der Waals surface area (Å²) in [4.78, 5) is 34.4. The molecule has 8 heteroatoms. The van der Waals surface area contributed by atoms with Crippen molar-refractivity contribution in [2.24, 2.45) is 0 Å². The Bertz CT molecular complexity index is 1020. The molecule has 2 aliphatic rings. The van der Waals surface area contributed by atoms with Crippen LogP contribution in [0.15, 0.2) is 24.4 Å². The summed E-state index contributed by atoms with van der Waals surface area (Å²) in [5.41, 5.74) is 5.34. The molecule has 2 atom stereocenters. The van der Waals surface area contributed by atoms with Gasteiger partial charge in [-0.3, -0.25) is 4.90 Å². The lowest BCUT2D eigenvalue weighted by atomic mass is 9.94. The molecule has 1 aromatic heterocycles. The molecule has 1 unspecified atom stereocenters. The highest BCUT2D eigenvalue weighted by Gasteiger charge is 2.35. The van der Waals surface area contributed by atoms with Crippen LogP contribution in [-0.4, -0.2) is 63.4 Å². The number of hydrogen-bond donors (Lipinski definition) is 1. The van der Waals surface area contributed by atoms with E-state index in [9.17, 15) is 4.79 Å². The lowest BCUT2D eigenvalue weighted by Gasteiger charge is -2.43. The van der Waals surface area contributed by atoms with E-state index in [1.807, 2.05) is 38.7 Å². The van der Waals surface area contributed by atoms with E-state index in [4.69, 9.17) is 14.5 Å². The summed E-state index contributed by atoms with van der Waals surface area (Å²) in [7, 11) is 0. The molecule has 0 bridgehead atoms. The predicted molar refractivity (Wildman–Crippen MR) is 140 cm³/mol. The maximum Gasteiger partial charge on any atom is 0.410 e. The molecule has 1 saturated heterocycles. The highest BCUT2D eigenvalue weighted by Crippen LogP contribution is 2.28. The zero-order valence-corrected chi connectivity index (χ0v) is 21.9. The van der Waals surface area contributed by atoms with Gasteiger partial charge < -0.3 is 19.7 Å². The molecule has 2 aliphatic heterocycles. The Kier molecular flexibility index (Phi) is 8.48. The summed E-state index contributed by atoms with van der Waals surface area (Å²) in [5, 5.41) is 3.36. The summed E-state index contributed by atoms with van der Waals surface area (Å²) in [5.74, 6) is 0.659. The van der Waals surface area contributed by atoms with Gasteiger partial charge in [-0.25, -0.2) is 14.8 Å². The number of nitrogens with zero attached hydrogens (tertiary/aromatic N) is 4. The van der Waals surface area contributed by atoms with Gasteiger partial charge in [-0.1, -0.05) is 6.07 Å². The van der Waals surface area contributed by atoms with Gasteiger partial charge in [0.05, 0.1) is 5.69 Å². The van der Waals surface area contributed by atoms with Gasteiger partial charge in [-0.05, 0) is 77.6 Å². The van der Waals surface area contributed by atoms with Crippen molar-refractivity contribution in [3.63, 3.8) is 0 Å². The van der Waals surface area contributed by atoms with Crippen LogP contribution in [0.1, 0.15) is 64.3 Å². The Morgan fingerprint density at radius 2 is 1.86 bits per heavy atom. The molecule has 3 heterocycles. The monoisotopic (exact) mass is 483 g/mol. The van der Waals surface area contributed by atoms with Crippen LogP contribution in [0.5, 0.6) is 0 Å². The van der Waals surface area contributed by atoms with Gasteiger partial charge >= 0.3 is 6.09 Å². The first-order chi connectivity index (χ1) is 16.6. The molecule has 2 aromatic rings. The molecule has 1 N–H and O–H groups in total. The van der Waals surface area contributed by atoms with Crippen molar-refractivity contribution in [1.29, 1.82) is 0 Å². The molecule has 0 radical (unpaired) electrons. The fourth-order valence-corrected chi connectivity index (χ4v) is 4.96. The van der Waals surface area contributed by atoms with Crippen molar-refractivity contribution >= 4 is 24.5 Å². The average Bonchev–Trinajstić information content (AvgIpc) is 2.78. The normalized spacial score (nSPS) is 20.3. The SMILES string of the molecule is C=O.Cc1cc(C)cc(Nc2ncc3c(n2)CCN(C2CCN(C(=O)OC(C)(C)C)[C@H](C)C2)C3)c1.[HH]. The lowest BCUT2D eigenvalue weighted by molar-refractivity contribution is -0.0980. The number of rotatable bonds is 3. The Hall–Kier alpha value is -3.00. The Balaban J connectivity index is 0.00000148. The van der Waals surface area contributed by atoms with Crippen LogP contribution in [0.2, 0.25) is 0 Å². The third kappa shape index (κ3) is 7.01. The molecule has 0 saturated carbocycles. The van der Waals surface area contributed by atoms with Crippen LogP contribution < -0.4 is 5.32 Å². The van der Waals surface area contributed by atoms with Crippen molar-refractivity contribution in [2.75, 3.05) is 18.4 Å². The summed E-state index contributed by atoms with van der Waals surface area (Å²) < 4.78 is 5.59. The van der Waals surface area contributed by atoms with Gasteiger partial charge in [-0.15, -0.1) is 0 Å². The standard InChI is InChI=1S/C26H37N5O2.CH2O.H2/c1-17-11-18(2)13-21(12-17)28-24-27-15-20-16-30(9-8-23(20)29-24)22-7-10-31(19(3)14-22)25(32)33-26(4,5)6;1-2;/h11-13,15,19,22H,7-10,14,16H2,1-6H3,(H,27,28,29);1H2;1H/t19-,22?;;/m1../s1. The minimum absolute atomic E-state index is 0. The number of benzene rings is 1. The fourth-order valence-electron chi connectivity index (χ4n) is 4.96. The first kappa shape index (κ1) is 26.6. The van der Waals surface area contributed by atoms with E-state index in [1.54, 1.807) is 0 Å². The Morgan fingerprint density at radius 3 is 2.49 bits per heavy atom. The highest BCUT2D eigenvalue weighted by molar-refractivity contribution is 5.68. The maximum absolute atomic E-state index is 12.5. The number of hydrogen-bond acceptors (Lipinski definition) is 7.